The molecular weight excluding hydrogens is 272 g/mol. The average molecular weight is 288 g/mol. The Labute approximate surface area is 121 Å². The van der Waals surface area contributed by atoms with Crippen LogP contribution in [0.25, 0.3) is 0 Å². The molecule has 1 heterocycles. The molecule has 5 heteroatoms. The molecule has 21 heavy (non-hydrogen) atoms. The number of ether oxygens (including phenoxy) is 3. The third kappa shape index (κ3) is 0.491. The molecule has 10 atom stereocenters. The van der Waals surface area contributed by atoms with Crippen LogP contribution in [-0.4, -0.2) is 37.4 Å². The largest absolute Gasteiger partial charge is 0.469 e. The highest BCUT2D eigenvalue weighted by Crippen LogP contribution is 3.07. The van der Waals surface area contributed by atoms with Crippen molar-refractivity contribution in [1.29, 1.82) is 0 Å². The smallest absolute Gasteiger partial charge is 0.313 e. The van der Waals surface area contributed by atoms with Crippen molar-refractivity contribution in [1.82, 2.24) is 0 Å². The Bertz CT molecular complexity index is 647. The van der Waals surface area contributed by atoms with E-state index < -0.39 is 10.8 Å². The maximum absolute atomic E-state index is 12.9. The van der Waals surface area contributed by atoms with Crippen molar-refractivity contribution in [2.24, 2.45) is 46.3 Å². The Morgan fingerprint density at radius 2 is 1.38 bits per heavy atom. The van der Waals surface area contributed by atoms with Gasteiger partial charge < -0.3 is 14.2 Å². The first kappa shape index (κ1) is 10.6. The van der Waals surface area contributed by atoms with E-state index >= 15 is 0 Å². The van der Waals surface area contributed by atoms with Gasteiger partial charge in [0, 0.05) is 11.8 Å². The minimum atomic E-state index is -0.625. The number of esters is 2. The second kappa shape index (κ2) is 2.25. The van der Waals surface area contributed by atoms with E-state index in [9.17, 15) is 9.59 Å². The summed E-state index contributed by atoms with van der Waals surface area (Å²) >= 11 is 0. The van der Waals surface area contributed by atoms with Crippen molar-refractivity contribution in [2.75, 3.05) is 14.2 Å². The summed E-state index contributed by atoms with van der Waals surface area (Å²) in [5, 5.41) is 0. The molecule has 7 aliphatic carbocycles. The molecule has 8 rings (SSSR count). The molecule has 0 radical (unpaired) electrons. The van der Waals surface area contributed by atoms with Gasteiger partial charge in [-0.25, -0.2) is 0 Å². The number of carbonyl (C=O) groups excluding carboxylic acids is 2. The number of carbonyl (C=O) groups is 2. The summed E-state index contributed by atoms with van der Waals surface area (Å²) in [4.78, 5) is 25.7. The predicted octanol–water partition coefficient (Wildman–Crippen LogP) is 0.372. The van der Waals surface area contributed by atoms with Gasteiger partial charge in [0.15, 0.2) is 0 Å². The standard InChI is InChI=1S/C16H16O5/c1-19-11(17)13-7-4-8-14(13,12(18)20-2)10-6-3-5(9(10)13)15(7)16(6,8)21-15/h5-10H,3-4H2,1-2H3/t5-,6-,7-,8+,9+,10+,13-,14+,15+,16+/m1/s1. The first-order valence-corrected chi connectivity index (χ1v) is 7.98. The van der Waals surface area contributed by atoms with Gasteiger partial charge in [-0.2, -0.15) is 0 Å². The summed E-state index contributed by atoms with van der Waals surface area (Å²) in [5.74, 6) is 1.64. The van der Waals surface area contributed by atoms with Gasteiger partial charge in [0.1, 0.15) is 11.2 Å². The fourth-order valence-corrected chi connectivity index (χ4v) is 9.70. The van der Waals surface area contributed by atoms with Gasteiger partial charge in [0.25, 0.3) is 0 Å². The number of methoxy groups -OCH3 is 2. The monoisotopic (exact) mass is 288 g/mol. The molecule has 0 unspecified atom stereocenters. The predicted molar refractivity (Wildman–Crippen MR) is 65.6 cm³/mol. The maximum Gasteiger partial charge on any atom is 0.313 e. The molecular formula is C16H16O5. The van der Waals surface area contributed by atoms with Crippen molar-refractivity contribution in [3.05, 3.63) is 0 Å². The minimum Gasteiger partial charge on any atom is -0.469 e. The van der Waals surface area contributed by atoms with E-state index in [-0.39, 0.29) is 35.0 Å². The van der Waals surface area contributed by atoms with Crippen LogP contribution in [0.3, 0.4) is 0 Å². The lowest BCUT2D eigenvalue weighted by Gasteiger charge is -2.60. The second-order valence-corrected chi connectivity index (χ2v) is 8.25. The third-order valence-electron chi connectivity index (χ3n) is 9.16. The highest BCUT2D eigenvalue weighted by molar-refractivity contribution is 5.98. The fraction of sp³-hybridized carbons (Fsp3) is 0.875. The summed E-state index contributed by atoms with van der Waals surface area (Å²) in [7, 11) is 2.91. The van der Waals surface area contributed by atoms with Crippen molar-refractivity contribution in [2.45, 2.75) is 24.0 Å². The topological polar surface area (TPSA) is 65.1 Å². The van der Waals surface area contributed by atoms with Crippen molar-refractivity contribution < 1.29 is 23.8 Å². The maximum atomic E-state index is 12.9. The Balaban J connectivity index is 1.62. The SMILES string of the molecule is COC(=O)[C@]12[C@@H]3[C@@H]4[C@H]5C[C@H]3[C@@]36O[C@]53[C@@H](C[C@@H]61)[C@@]42C(=O)OC. The lowest BCUT2D eigenvalue weighted by Crippen LogP contribution is -2.70. The molecule has 1 aliphatic heterocycles. The van der Waals surface area contributed by atoms with Gasteiger partial charge in [0.2, 0.25) is 0 Å². The number of hydrogen-bond acceptors (Lipinski definition) is 5. The zero-order valence-corrected chi connectivity index (χ0v) is 11.9. The zero-order chi connectivity index (χ0) is 14.2. The first-order valence-electron chi connectivity index (χ1n) is 7.98. The summed E-state index contributed by atoms with van der Waals surface area (Å²) in [6.07, 6.45) is 2.12. The first-order chi connectivity index (χ1) is 10.1. The Morgan fingerprint density at radius 3 is 1.81 bits per heavy atom. The van der Waals surface area contributed by atoms with Gasteiger partial charge in [-0.3, -0.25) is 9.59 Å². The lowest BCUT2D eigenvalue weighted by atomic mass is 9.39. The quantitative estimate of drug-likeness (QED) is 0.542. The molecule has 7 saturated carbocycles. The highest BCUT2D eigenvalue weighted by Gasteiger charge is 3.16. The molecule has 0 aromatic rings. The van der Waals surface area contributed by atoms with Crippen LogP contribution in [0, 0.1) is 46.3 Å². The summed E-state index contributed by atoms with van der Waals surface area (Å²) in [6, 6.07) is 0. The van der Waals surface area contributed by atoms with E-state index in [1.807, 2.05) is 0 Å². The van der Waals surface area contributed by atoms with E-state index in [4.69, 9.17) is 14.2 Å². The molecule has 1 saturated heterocycles. The molecule has 5 nitrogen and oxygen atoms in total. The Kier molecular flexibility index (Phi) is 1.13. The van der Waals surface area contributed by atoms with Gasteiger partial charge in [0.05, 0.1) is 25.0 Å². The Morgan fingerprint density at radius 1 is 0.905 bits per heavy atom. The summed E-state index contributed by atoms with van der Waals surface area (Å²) < 4.78 is 16.8. The van der Waals surface area contributed by atoms with Crippen LogP contribution in [0.5, 0.6) is 0 Å². The van der Waals surface area contributed by atoms with Gasteiger partial charge in [-0.05, 0) is 36.5 Å². The van der Waals surface area contributed by atoms with Crippen molar-refractivity contribution in [3.8, 4) is 0 Å². The van der Waals surface area contributed by atoms with Crippen molar-refractivity contribution in [3.63, 3.8) is 0 Å². The van der Waals surface area contributed by atoms with Crippen LogP contribution in [-0.2, 0) is 23.8 Å². The van der Waals surface area contributed by atoms with E-state index in [1.54, 1.807) is 0 Å². The number of epoxide rings is 1. The second-order valence-electron chi connectivity index (χ2n) is 8.25. The number of hydrogen-bond donors (Lipinski definition) is 0. The molecule has 0 N–H and O–H groups in total. The van der Waals surface area contributed by atoms with E-state index in [2.05, 4.69) is 0 Å². The third-order valence-corrected chi connectivity index (χ3v) is 9.16. The van der Waals surface area contributed by atoms with Gasteiger partial charge >= 0.3 is 11.9 Å². The van der Waals surface area contributed by atoms with E-state index in [1.165, 1.54) is 14.2 Å². The van der Waals surface area contributed by atoms with Crippen LogP contribution >= 0.6 is 0 Å². The Hall–Kier alpha value is -1.10. The zero-order valence-electron chi connectivity index (χ0n) is 11.9. The molecule has 8 aliphatic rings. The molecule has 0 aromatic heterocycles. The van der Waals surface area contributed by atoms with Crippen LogP contribution < -0.4 is 0 Å². The molecule has 110 valence electrons. The van der Waals surface area contributed by atoms with E-state index in [0.717, 1.165) is 12.8 Å². The van der Waals surface area contributed by atoms with Crippen LogP contribution in [0.2, 0.25) is 0 Å². The van der Waals surface area contributed by atoms with E-state index in [0.29, 0.717) is 23.7 Å². The van der Waals surface area contributed by atoms with Crippen molar-refractivity contribution >= 4 is 11.9 Å². The normalized spacial score (nSPS) is 73.8. The average Bonchev–Trinajstić information content (AvgIpc) is 2.69. The fourth-order valence-electron chi connectivity index (χ4n) is 9.70. The minimum absolute atomic E-state index is 0.0638. The van der Waals surface area contributed by atoms with Crippen LogP contribution in [0.15, 0.2) is 0 Å². The number of rotatable bonds is 2. The molecule has 0 amide bonds. The summed E-state index contributed by atoms with van der Waals surface area (Å²) in [6.45, 7) is 0. The molecule has 4 bridgehead atoms. The van der Waals surface area contributed by atoms with Crippen LogP contribution in [0.4, 0.5) is 0 Å². The van der Waals surface area contributed by atoms with Gasteiger partial charge in [-0.15, -0.1) is 0 Å². The molecule has 2 spiro atoms. The molecule has 8 fully saturated rings. The van der Waals surface area contributed by atoms with Crippen LogP contribution in [0.1, 0.15) is 12.8 Å². The highest BCUT2D eigenvalue weighted by atomic mass is 16.6. The lowest BCUT2D eigenvalue weighted by molar-refractivity contribution is -0.226. The molecule has 0 aromatic carbocycles. The summed E-state index contributed by atoms with van der Waals surface area (Å²) in [5.41, 5.74) is -1.38. The van der Waals surface area contributed by atoms with Gasteiger partial charge in [-0.1, -0.05) is 0 Å².